The Labute approximate surface area is 191 Å². The highest BCUT2D eigenvalue weighted by molar-refractivity contribution is 7.86. The van der Waals surface area contributed by atoms with Crippen molar-refractivity contribution in [3.63, 3.8) is 0 Å². The second-order valence-corrected chi connectivity index (χ2v) is 9.85. The standard InChI is InChI=1S/C20H21N5O6S2/c1-13-11-14(21)3-9-18(13)24-25(2)19-10-6-16(12-20(19)33(29,30)31)23-22-15-4-7-17(8-5-15)32(26,27)28/h3-12,24H,21H2,1-2H3,(H,26,27,28)(H,29,30,31). The van der Waals surface area contributed by atoms with E-state index in [2.05, 4.69) is 15.7 Å². The number of rotatable bonds is 7. The Hall–Kier alpha value is -3.52. The first-order valence-corrected chi connectivity index (χ1v) is 12.2. The third-order valence-corrected chi connectivity index (χ3v) is 6.29. The molecule has 0 unspecified atom stereocenters. The molecule has 0 saturated carbocycles. The van der Waals surface area contributed by atoms with Crippen molar-refractivity contribution < 1.29 is 25.9 Å². The molecule has 0 spiro atoms. The van der Waals surface area contributed by atoms with Crippen molar-refractivity contribution in [1.82, 2.24) is 0 Å². The summed E-state index contributed by atoms with van der Waals surface area (Å²) in [6, 6.07) is 14.2. The molecule has 0 radical (unpaired) electrons. The number of nitrogens with zero attached hydrogens (tertiary/aromatic N) is 3. The molecule has 5 N–H and O–H groups in total. The maximum atomic E-state index is 12.0. The number of hydrogen-bond donors (Lipinski definition) is 4. The number of hydrazine groups is 1. The summed E-state index contributed by atoms with van der Waals surface area (Å²) in [5, 5.41) is 9.28. The van der Waals surface area contributed by atoms with Gasteiger partial charge in [-0.05, 0) is 73.2 Å². The first-order valence-electron chi connectivity index (χ1n) is 9.32. The van der Waals surface area contributed by atoms with Crippen LogP contribution in [0.2, 0.25) is 0 Å². The lowest BCUT2D eigenvalue weighted by atomic mass is 10.2. The molecule has 0 aliphatic rings. The molecule has 13 heteroatoms. The molecule has 0 amide bonds. The molecule has 33 heavy (non-hydrogen) atoms. The number of nitrogens with two attached hydrogens (primary N) is 1. The average molecular weight is 492 g/mol. The topological polar surface area (TPSA) is 175 Å². The Morgan fingerprint density at radius 1 is 0.848 bits per heavy atom. The molecule has 0 atom stereocenters. The highest BCUT2D eigenvalue weighted by Crippen LogP contribution is 2.31. The number of nitrogens with one attached hydrogen (secondary N) is 1. The summed E-state index contributed by atoms with van der Waals surface area (Å²) in [7, 11) is -7.36. The smallest absolute Gasteiger partial charge is 0.296 e. The van der Waals surface area contributed by atoms with Crippen LogP contribution in [-0.4, -0.2) is 33.0 Å². The predicted molar refractivity (Wildman–Crippen MR) is 124 cm³/mol. The zero-order valence-electron chi connectivity index (χ0n) is 17.5. The molecule has 3 rings (SSSR count). The number of hydrogen-bond acceptors (Lipinski definition) is 9. The van der Waals surface area contributed by atoms with Crippen LogP contribution in [0.15, 0.2) is 80.7 Å². The summed E-state index contributed by atoms with van der Waals surface area (Å²) in [6.45, 7) is 1.84. The third kappa shape index (κ3) is 6.04. The SMILES string of the molecule is Cc1cc(N)ccc1NN(C)c1ccc(N=Nc2ccc(S(=O)(=O)O)cc2)cc1S(=O)(=O)O. The zero-order valence-corrected chi connectivity index (χ0v) is 19.2. The van der Waals surface area contributed by atoms with Crippen LogP contribution in [0, 0.1) is 6.92 Å². The molecule has 3 aromatic rings. The molecule has 174 valence electrons. The lowest BCUT2D eigenvalue weighted by molar-refractivity contribution is 0.481. The molecule has 3 aromatic carbocycles. The van der Waals surface area contributed by atoms with Crippen molar-refractivity contribution in [2.75, 3.05) is 23.2 Å². The number of nitrogen functional groups attached to an aromatic ring is 1. The fourth-order valence-corrected chi connectivity index (χ4v) is 4.12. The molecule has 0 fully saturated rings. The fourth-order valence-electron chi connectivity index (χ4n) is 2.90. The van der Waals surface area contributed by atoms with Gasteiger partial charge in [-0.15, -0.1) is 0 Å². The minimum Gasteiger partial charge on any atom is -0.399 e. The van der Waals surface area contributed by atoms with Gasteiger partial charge in [0.1, 0.15) is 4.90 Å². The van der Waals surface area contributed by atoms with Gasteiger partial charge in [0.05, 0.1) is 27.6 Å². The average Bonchev–Trinajstić information content (AvgIpc) is 2.73. The summed E-state index contributed by atoms with van der Waals surface area (Å²) < 4.78 is 65.0. The Balaban J connectivity index is 1.90. The summed E-state index contributed by atoms with van der Waals surface area (Å²) in [6.07, 6.45) is 0. The minimum absolute atomic E-state index is 0.127. The van der Waals surface area contributed by atoms with Crippen molar-refractivity contribution in [2.24, 2.45) is 10.2 Å². The third-order valence-electron chi connectivity index (χ3n) is 4.54. The summed E-state index contributed by atoms with van der Waals surface area (Å²) in [5.74, 6) is 0. The van der Waals surface area contributed by atoms with Crippen molar-refractivity contribution in [3.8, 4) is 0 Å². The van der Waals surface area contributed by atoms with Gasteiger partial charge in [-0.25, -0.2) is 0 Å². The first-order chi connectivity index (χ1) is 15.3. The van der Waals surface area contributed by atoms with Gasteiger partial charge < -0.3 is 5.73 Å². The second kappa shape index (κ2) is 9.15. The highest BCUT2D eigenvalue weighted by Gasteiger charge is 2.20. The van der Waals surface area contributed by atoms with Crippen molar-refractivity contribution in [3.05, 3.63) is 66.2 Å². The van der Waals surface area contributed by atoms with E-state index in [0.717, 1.165) is 23.8 Å². The van der Waals surface area contributed by atoms with Crippen LogP contribution < -0.4 is 16.2 Å². The Bertz CT molecular complexity index is 1420. The van der Waals surface area contributed by atoms with Crippen LogP contribution in [0.4, 0.5) is 28.4 Å². The Morgan fingerprint density at radius 3 is 2.03 bits per heavy atom. The van der Waals surface area contributed by atoms with Crippen LogP contribution in [0.1, 0.15) is 5.56 Å². The molecule has 0 bridgehead atoms. The molecular weight excluding hydrogens is 470 g/mol. The molecule has 11 nitrogen and oxygen atoms in total. The number of azo groups is 1. The highest BCUT2D eigenvalue weighted by atomic mass is 32.2. The maximum absolute atomic E-state index is 12.0. The van der Waals surface area contributed by atoms with Crippen LogP contribution in [0.3, 0.4) is 0 Å². The molecule has 0 aromatic heterocycles. The van der Waals surface area contributed by atoms with Crippen LogP contribution in [-0.2, 0) is 20.2 Å². The molecule has 0 saturated heterocycles. The minimum atomic E-state index is -4.61. The van der Waals surface area contributed by atoms with Crippen molar-refractivity contribution in [2.45, 2.75) is 16.7 Å². The van der Waals surface area contributed by atoms with E-state index in [0.29, 0.717) is 11.4 Å². The summed E-state index contributed by atoms with van der Waals surface area (Å²) >= 11 is 0. The Morgan fingerprint density at radius 2 is 1.45 bits per heavy atom. The van der Waals surface area contributed by atoms with Crippen LogP contribution in [0.5, 0.6) is 0 Å². The predicted octanol–water partition coefficient (Wildman–Crippen LogP) is 3.95. The van der Waals surface area contributed by atoms with Gasteiger partial charge in [-0.2, -0.15) is 27.1 Å². The zero-order chi connectivity index (χ0) is 24.4. The van der Waals surface area contributed by atoms with E-state index in [4.69, 9.17) is 10.3 Å². The number of benzene rings is 3. The molecule has 0 aliphatic heterocycles. The van der Waals surface area contributed by atoms with E-state index in [-0.39, 0.29) is 22.0 Å². The van der Waals surface area contributed by atoms with Gasteiger partial charge >= 0.3 is 0 Å². The summed E-state index contributed by atoms with van der Waals surface area (Å²) in [4.78, 5) is -0.699. The maximum Gasteiger partial charge on any atom is 0.296 e. The number of aryl methyl sites for hydroxylation is 1. The van der Waals surface area contributed by atoms with E-state index in [1.165, 1.54) is 29.3 Å². The second-order valence-electron chi connectivity index (χ2n) is 7.04. The molecule has 0 heterocycles. The largest absolute Gasteiger partial charge is 0.399 e. The van der Waals surface area contributed by atoms with Gasteiger partial charge in [0, 0.05) is 12.7 Å². The molecular formula is C20H21N5O6S2. The van der Waals surface area contributed by atoms with Crippen molar-refractivity contribution in [1.29, 1.82) is 0 Å². The van der Waals surface area contributed by atoms with Crippen molar-refractivity contribution >= 4 is 48.7 Å². The normalized spacial score (nSPS) is 12.1. The van der Waals surface area contributed by atoms with Crippen LogP contribution >= 0.6 is 0 Å². The fraction of sp³-hybridized carbons (Fsp3) is 0.100. The van der Waals surface area contributed by atoms with Gasteiger partial charge in [-0.1, -0.05) is 0 Å². The lowest BCUT2D eigenvalue weighted by Crippen LogP contribution is -2.26. The lowest BCUT2D eigenvalue weighted by Gasteiger charge is -2.24. The van der Waals surface area contributed by atoms with Gasteiger partial charge in [0.25, 0.3) is 20.2 Å². The van der Waals surface area contributed by atoms with Gasteiger partial charge in [-0.3, -0.25) is 19.5 Å². The van der Waals surface area contributed by atoms with E-state index in [9.17, 15) is 21.4 Å². The van der Waals surface area contributed by atoms with Gasteiger partial charge in [0.15, 0.2) is 0 Å². The Kier molecular flexibility index (Phi) is 6.69. The summed E-state index contributed by atoms with van der Waals surface area (Å²) in [5.41, 5.74) is 11.4. The monoisotopic (exact) mass is 491 g/mol. The quantitative estimate of drug-likeness (QED) is 0.165. The van der Waals surface area contributed by atoms with E-state index < -0.39 is 25.1 Å². The van der Waals surface area contributed by atoms with Gasteiger partial charge in [0.2, 0.25) is 0 Å². The van der Waals surface area contributed by atoms with Crippen LogP contribution in [0.25, 0.3) is 0 Å². The van der Waals surface area contributed by atoms with E-state index in [1.54, 1.807) is 25.2 Å². The first kappa shape index (κ1) is 24.1. The molecule has 0 aliphatic carbocycles. The van der Waals surface area contributed by atoms with E-state index in [1.807, 2.05) is 6.92 Å². The number of anilines is 3. The van der Waals surface area contributed by atoms with E-state index >= 15 is 0 Å².